The van der Waals surface area contributed by atoms with Crippen LogP contribution in [0.5, 0.6) is 0 Å². The zero-order valence-corrected chi connectivity index (χ0v) is 22.9. The van der Waals surface area contributed by atoms with Gasteiger partial charge in [-0.25, -0.2) is 9.37 Å². The summed E-state index contributed by atoms with van der Waals surface area (Å²) in [6.07, 6.45) is 4.81. The summed E-state index contributed by atoms with van der Waals surface area (Å²) in [6.45, 7) is 2.73. The van der Waals surface area contributed by atoms with Gasteiger partial charge < -0.3 is 15.1 Å². The van der Waals surface area contributed by atoms with E-state index in [9.17, 15) is 18.8 Å². The van der Waals surface area contributed by atoms with E-state index in [-0.39, 0.29) is 42.8 Å². The zero-order valence-electron chi connectivity index (χ0n) is 21.3. The van der Waals surface area contributed by atoms with Gasteiger partial charge in [0.1, 0.15) is 16.9 Å². The van der Waals surface area contributed by atoms with Gasteiger partial charge in [0.25, 0.3) is 11.8 Å². The van der Waals surface area contributed by atoms with Gasteiger partial charge in [-0.1, -0.05) is 11.6 Å². The molecule has 6 rings (SSSR count). The molecule has 3 aromatic rings. The zero-order chi connectivity index (χ0) is 27.3. The predicted molar refractivity (Wildman–Crippen MR) is 146 cm³/mol. The lowest BCUT2D eigenvalue weighted by Crippen LogP contribution is -2.65. The van der Waals surface area contributed by atoms with Crippen LogP contribution in [0.2, 0.25) is 5.02 Å². The van der Waals surface area contributed by atoms with Crippen LogP contribution in [-0.2, 0) is 10.2 Å². The van der Waals surface area contributed by atoms with Gasteiger partial charge >= 0.3 is 0 Å². The SMILES string of the molecule is Cc1ncc(Cl)cc1C(=O)N[C@H]1CC[C@H](CN2C(=O)C3(CN(C(=O)c4cscn4)C3)c3cc(F)ccc32)CC1. The molecular formula is C28H27ClFN5O3S. The Kier molecular flexibility index (Phi) is 6.63. The summed E-state index contributed by atoms with van der Waals surface area (Å²) in [6, 6.07) is 6.16. The number of fused-ring (bicyclic) bond motifs is 2. The fourth-order valence-corrected chi connectivity index (χ4v) is 6.76. The number of pyridine rings is 1. The summed E-state index contributed by atoms with van der Waals surface area (Å²) in [5.74, 6) is -0.619. The van der Waals surface area contributed by atoms with E-state index in [1.807, 2.05) is 0 Å². The molecule has 11 heteroatoms. The van der Waals surface area contributed by atoms with Gasteiger partial charge in [0.05, 0.1) is 21.8 Å². The van der Waals surface area contributed by atoms with Crippen LogP contribution in [0.3, 0.4) is 0 Å². The van der Waals surface area contributed by atoms with Gasteiger partial charge in [0, 0.05) is 42.9 Å². The second kappa shape index (κ2) is 9.98. The summed E-state index contributed by atoms with van der Waals surface area (Å²) in [5.41, 5.74) is 3.53. The summed E-state index contributed by atoms with van der Waals surface area (Å²) < 4.78 is 14.3. The molecule has 0 radical (unpaired) electrons. The van der Waals surface area contributed by atoms with Crippen LogP contribution in [0.1, 0.15) is 57.8 Å². The number of hydrogen-bond donors (Lipinski definition) is 1. The standard InChI is InChI=1S/C28H27ClFN5O3S/c1-16-21(8-18(29)10-31-16)25(36)33-20-5-2-17(3-6-20)11-35-24-7-4-19(30)9-22(24)28(27(35)38)13-34(14-28)26(37)23-12-39-15-32-23/h4,7-10,12,15,17,20H,2-3,5-6,11,13-14H2,1H3,(H,33,36)/t17-,20-. The Morgan fingerprint density at radius 2 is 1.95 bits per heavy atom. The highest BCUT2D eigenvalue weighted by Gasteiger charge is 2.59. The van der Waals surface area contributed by atoms with Gasteiger partial charge in [-0.05, 0) is 68.4 Å². The van der Waals surface area contributed by atoms with E-state index >= 15 is 0 Å². The average Bonchev–Trinajstić information content (AvgIpc) is 3.51. The molecule has 3 aliphatic rings. The second-order valence-corrected chi connectivity index (χ2v) is 11.8. The molecule has 0 atom stereocenters. The number of aryl methyl sites for hydroxylation is 1. The topological polar surface area (TPSA) is 95.5 Å². The highest BCUT2D eigenvalue weighted by atomic mass is 35.5. The monoisotopic (exact) mass is 567 g/mol. The first kappa shape index (κ1) is 25.9. The molecule has 1 N–H and O–H groups in total. The number of thiazole rings is 1. The number of amides is 3. The normalized spacial score (nSPS) is 21.6. The number of aromatic nitrogens is 2. The van der Waals surface area contributed by atoms with Gasteiger partial charge in [-0.15, -0.1) is 11.3 Å². The van der Waals surface area contributed by atoms with Gasteiger partial charge in [0.15, 0.2) is 0 Å². The van der Waals surface area contributed by atoms with E-state index in [4.69, 9.17) is 11.6 Å². The third-order valence-corrected chi connectivity index (χ3v) is 8.99. The Hall–Kier alpha value is -3.37. The Bertz CT molecular complexity index is 1450. The first-order valence-electron chi connectivity index (χ1n) is 13.0. The molecule has 1 aliphatic carbocycles. The van der Waals surface area contributed by atoms with Crippen molar-refractivity contribution in [3.05, 3.63) is 74.7 Å². The maximum Gasteiger partial charge on any atom is 0.273 e. The molecule has 3 amide bonds. The van der Waals surface area contributed by atoms with E-state index in [1.165, 1.54) is 29.7 Å². The quantitative estimate of drug-likeness (QED) is 0.494. The summed E-state index contributed by atoms with van der Waals surface area (Å²) >= 11 is 7.37. The molecule has 1 aromatic carbocycles. The van der Waals surface area contributed by atoms with Crippen LogP contribution in [0.25, 0.3) is 0 Å². The third-order valence-electron chi connectivity index (χ3n) is 8.20. The summed E-state index contributed by atoms with van der Waals surface area (Å²) in [7, 11) is 0. The van der Waals surface area contributed by atoms with Crippen LogP contribution in [-0.4, -0.2) is 58.3 Å². The Balaban J connectivity index is 1.11. The van der Waals surface area contributed by atoms with Crippen LogP contribution in [0.4, 0.5) is 10.1 Å². The van der Waals surface area contributed by atoms with Gasteiger partial charge in [0.2, 0.25) is 5.91 Å². The molecule has 8 nitrogen and oxygen atoms in total. The van der Waals surface area contributed by atoms with Crippen LogP contribution in [0.15, 0.2) is 41.4 Å². The van der Waals surface area contributed by atoms with Crippen molar-refractivity contribution in [2.45, 2.75) is 44.1 Å². The van der Waals surface area contributed by atoms with Crippen molar-refractivity contribution in [2.75, 3.05) is 24.5 Å². The van der Waals surface area contributed by atoms with Crippen molar-refractivity contribution < 1.29 is 18.8 Å². The van der Waals surface area contributed by atoms with Gasteiger partial charge in [-0.3, -0.25) is 19.4 Å². The maximum atomic E-state index is 14.3. The lowest BCUT2D eigenvalue weighted by molar-refractivity contribution is -0.128. The van der Waals surface area contributed by atoms with E-state index in [0.717, 1.165) is 31.4 Å². The van der Waals surface area contributed by atoms with Crippen molar-refractivity contribution >= 4 is 46.3 Å². The van der Waals surface area contributed by atoms with Crippen LogP contribution < -0.4 is 10.2 Å². The number of nitrogens with one attached hydrogen (secondary N) is 1. The molecule has 2 fully saturated rings. The molecule has 202 valence electrons. The Morgan fingerprint density at radius 3 is 2.67 bits per heavy atom. The highest BCUT2D eigenvalue weighted by molar-refractivity contribution is 7.07. The Labute approximate surface area is 234 Å². The van der Waals surface area contributed by atoms with Crippen molar-refractivity contribution in [3.63, 3.8) is 0 Å². The van der Waals surface area contributed by atoms with Gasteiger partial charge in [-0.2, -0.15) is 0 Å². The first-order valence-corrected chi connectivity index (χ1v) is 14.3. The fourth-order valence-electron chi connectivity index (χ4n) is 6.07. The first-order chi connectivity index (χ1) is 18.7. The number of benzene rings is 1. The second-order valence-electron chi connectivity index (χ2n) is 10.7. The summed E-state index contributed by atoms with van der Waals surface area (Å²) in [5, 5.41) is 5.22. The van der Waals surface area contributed by atoms with E-state index in [0.29, 0.717) is 34.1 Å². The minimum atomic E-state index is -0.919. The lowest BCUT2D eigenvalue weighted by atomic mass is 9.74. The number of carbonyl (C=O) groups excluding carboxylic acids is 3. The molecule has 1 saturated heterocycles. The fraction of sp³-hybridized carbons (Fsp3) is 0.393. The molecule has 1 spiro atoms. The third kappa shape index (κ3) is 4.59. The molecule has 2 aromatic heterocycles. The predicted octanol–water partition coefficient (Wildman–Crippen LogP) is 4.37. The van der Waals surface area contributed by atoms with Crippen LogP contribution in [0, 0.1) is 18.7 Å². The maximum absolute atomic E-state index is 14.3. The minimum absolute atomic E-state index is 0.0334. The minimum Gasteiger partial charge on any atom is -0.349 e. The van der Waals surface area contributed by atoms with Crippen molar-refractivity contribution in [1.82, 2.24) is 20.2 Å². The number of nitrogens with zero attached hydrogens (tertiary/aromatic N) is 4. The van der Waals surface area contributed by atoms with Crippen LogP contribution >= 0.6 is 22.9 Å². The average molecular weight is 568 g/mol. The molecule has 4 heterocycles. The van der Waals surface area contributed by atoms with Crippen molar-refractivity contribution in [3.8, 4) is 0 Å². The molecule has 0 unspecified atom stereocenters. The number of halogens is 2. The van der Waals surface area contributed by atoms with Crippen molar-refractivity contribution in [2.24, 2.45) is 5.92 Å². The molecule has 0 bridgehead atoms. The number of hydrogen-bond acceptors (Lipinski definition) is 6. The van der Waals surface area contributed by atoms with Crippen molar-refractivity contribution in [1.29, 1.82) is 0 Å². The number of carbonyl (C=O) groups is 3. The molecule has 2 aliphatic heterocycles. The van der Waals surface area contributed by atoms with E-state index in [2.05, 4.69) is 15.3 Å². The number of anilines is 1. The lowest BCUT2D eigenvalue weighted by Gasteiger charge is -2.46. The van der Waals surface area contributed by atoms with E-state index in [1.54, 1.807) is 39.7 Å². The number of likely N-dealkylation sites (tertiary alicyclic amines) is 1. The molecule has 39 heavy (non-hydrogen) atoms. The highest BCUT2D eigenvalue weighted by Crippen LogP contribution is 2.48. The number of rotatable bonds is 5. The molecule has 1 saturated carbocycles. The molecular weight excluding hydrogens is 541 g/mol. The smallest absolute Gasteiger partial charge is 0.273 e. The Morgan fingerprint density at radius 1 is 1.18 bits per heavy atom. The summed E-state index contributed by atoms with van der Waals surface area (Å²) in [4.78, 5) is 51.0. The van der Waals surface area contributed by atoms with E-state index < -0.39 is 11.2 Å². The largest absolute Gasteiger partial charge is 0.349 e.